The van der Waals surface area contributed by atoms with Crippen molar-refractivity contribution in [3.63, 3.8) is 0 Å². The number of aromatic nitrogens is 5. The zero-order valence-electron chi connectivity index (χ0n) is 19.8. The molecule has 1 N–H and O–H groups in total. The van der Waals surface area contributed by atoms with Gasteiger partial charge in [0.25, 0.3) is 0 Å². The molecule has 0 bridgehead atoms. The number of benzene rings is 1. The number of halogens is 1. The van der Waals surface area contributed by atoms with Crippen LogP contribution in [0, 0.1) is 5.82 Å². The summed E-state index contributed by atoms with van der Waals surface area (Å²) in [4.78, 5) is 31.7. The molecule has 1 fully saturated rings. The third kappa shape index (κ3) is 4.44. The molecule has 0 atom stereocenters. The number of pyridine rings is 1. The van der Waals surface area contributed by atoms with Crippen molar-refractivity contribution in [2.45, 2.75) is 26.3 Å². The maximum Gasteiger partial charge on any atom is 0.242 e. The second-order valence-corrected chi connectivity index (χ2v) is 8.66. The molecule has 4 aromatic rings. The van der Waals surface area contributed by atoms with E-state index in [9.17, 15) is 9.18 Å². The zero-order chi connectivity index (χ0) is 24.5. The third-order valence-corrected chi connectivity index (χ3v) is 6.03. The summed E-state index contributed by atoms with van der Waals surface area (Å²) < 4.78 is 22.5. The molecule has 10 heteroatoms. The van der Waals surface area contributed by atoms with Crippen molar-refractivity contribution >= 4 is 22.6 Å². The molecule has 180 valence electrons. The molecule has 0 radical (unpaired) electrons. The first-order chi connectivity index (χ1) is 16.9. The van der Waals surface area contributed by atoms with E-state index >= 15 is 0 Å². The van der Waals surface area contributed by atoms with E-state index in [4.69, 9.17) is 4.74 Å². The first kappa shape index (κ1) is 22.9. The molecule has 5 rings (SSSR count). The van der Waals surface area contributed by atoms with Crippen LogP contribution in [-0.2, 0) is 11.2 Å². The summed E-state index contributed by atoms with van der Waals surface area (Å²) >= 11 is 0. The highest BCUT2D eigenvalue weighted by atomic mass is 19.1. The normalized spacial score (nSPS) is 14.2. The molecule has 0 spiro atoms. The minimum Gasteiger partial charge on any atom is -0.479 e. The Hall–Kier alpha value is -3.92. The molecule has 0 saturated carbocycles. The van der Waals surface area contributed by atoms with Crippen LogP contribution in [0.15, 0.2) is 42.9 Å². The molecule has 3 aromatic heterocycles. The number of nitrogens with one attached hydrogen (secondary N) is 1. The Bertz CT molecular complexity index is 1400. The average Bonchev–Trinajstić information content (AvgIpc) is 3.30. The Morgan fingerprint density at radius 2 is 2.00 bits per heavy atom. The lowest BCUT2D eigenvalue weighted by molar-refractivity contribution is -0.118. The quantitative estimate of drug-likeness (QED) is 0.457. The van der Waals surface area contributed by atoms with Gasteiger partial charge in [0.15, 0.2) is 5.52 Å². The SMILES string of the molecule is COc1nc(-c2ccnc(Cc3ccc(N4CCNCC4=O)cc3F)n2)cc2c1ncn2C(C)C. The number of carbonyl (C=O) groups is 1. The number of ether oxygens (including phenoxy) is 1. The second-order valence-electron chi connectivity index (χ2n) is 8.66. The van der Waals surface area contributed by atoms with Gasteiger partial charge in [-0.15, -0.1) is 0 Å². The lowest BCUT2D eigenvalue weighted by Gasteiger charge is -2.27. The summed E-state index contributed by atoms with van der Waals surface area (Å²) in [6.45, 7) is 5.60. The molecule has 35 heavy (non-hydrogen) atoms. The highest BCUT2D eigenvalue weighted by Gasteiger charge is 2.21. The van der Waals surface area contributed by atoms with Crippen LogP contribution in [-0.4, -0.2) is 57.2 Å². The van der Waals surface area contributed by atoms with Crippen molar-refractivity contribution in [3.05, 3.63) is 60.1 Å². The van der Waals surface area contributed by atoms with Crippen LogP contribution in [0.2, 0.25) is 0 Å². The number of anilines is 1. The van der Waals surface area contributed by atoms with E-state index < -0.39 is 5.82 Å². The van der Waals surface area contributed by atoms with Gasteiger partial charge < -0.3 is 19.5 Å². The van der Waals surface area contributed by atoms with Crippen LogP contribution in [0.3, 0.4) is 0 Å². The second kappa shape index (κ2) is 9.38. The Kier molecular flexibility index (Phi) is 6.12. The molecule has 0 unspecified atom stereocenters. The summed E-state index contributed by atoms with van der Waals surface area (Å²) in [7, 11) is 1.56. The Balaban J connectivity index is 1.44. The van der Waals surface area contributed by atoms with Crippen LogP contribution < -0.4 is 15.0 Å². The number of methoxy groups -OCH3 is 1. The van der Waals surface area contributed by atoms with Gasteiger partial charge in [0.05, 0.1) is 36.9 Å². The highest BCUT2D eigenvalue weighted by Crippen LogP contribution is 2.29. The van der Waals surface area contributed by atoms with Crippen LogP contribution in [0.25, 0.3) is 22.4 Å². The van der Waals surface area contributed by atoms with E-state index in [-0.39, 0.29) is 24.9 Å². The monoisotopic (exact) mass is 475 g/mol. The fraction of sp³-hybridized carbons (Fsp3) is 0.320. The Morgan fingerprint density at radius 1 is 1.14 bits per heavy atom. The number of nitrogens with zero attached hydrogens (tertiary/aromatic N) is 6. The van der Waals surface area contributed by atoms with Gasteiger partial charge in [-0.1, -0.05) is 6.07 Å². The van der Waals surface area contributed by atoms with Gasteiger partial charge in [0.2, 0.25) is 11.8 Å². The standard InChI is InChI=1S/C25H26FN7O2/c1-15(2)33-14-29-24-21(33)12-20(31-25(24)35-3)19-6-7-28-22(30-19)10-16-4-5-17(11-18(16)26)32-9-8-27-13-23(32)34/h4-7,11-12,14-15,27H,8-10,13H2,1-3H3. The summed E-state index contributed by atoms with van der Waals surface area (Å²) in [6.07, 6.45) is 3.62. The van der Waals surface area contributed by atoms with Gasteiger partial charge in [-0.25, -0.2) is 24.3 Å². The first-order valence-electron chi connectivity index (χ1n) is 11.5. The van der Waals surface area contributed by atoms with Crippen LogP contribution in [0.5, 0.6) is 5.88 Å². The first-order valence-corrected chi connectivity index (χ1v) is 11.5. The molecule has 0 aliphatic carbocycles. The van der Waals surface area contributed by atoms with Crippen molar-refractivity contribution < 1.29 is 13.9 Å². The lowest BCUT2D eigenvalue weighted by Crippen LogP contribution is -2.48. The molecule has 1 aromatic carbocycles. The summed E-state index contributed by atoms with van der Waals surface area (Å²) in [5.41, 5.74) is 3.81. The van der Waals surface area contributed by atoms with Gasteiger partial charge in [0.1, 0.15) is 11.6 Å². The number of carbonyl (C=O) groups excluding carboxylic acids is 1. The summed E-state index contributed by atoms with van der Waals surface area (Å²) in [5, 5.41) is 3.02. The molecule has 1 saturated heterocycles. The van der Waals surface area contributed by atoms with Gasteiger partial charge in [-0.3, -0.25) is 4.79 Å². The third-order valence-electron chi connectivity index (χ3n) is 6.03. The van der Waals surface area contributed by atoms with Crippen molar-refractivity contribution in [2.75, 3.05) is 31.6 Å². The molecule has 4 heterocycles. The number of rotatable bonds is 6. The van der Waals surface area contributed by atoms with E-state index in [0.29, 0.717) is 52.9 Å². The summed E-state index contributed by atoms with van der Waals surface area (Å²) in [6, 6.07) is 8.75. The van der Waals surface area contributed by atoms with E-state index in [2.05, 4.69) is 39.1 Å². The molecular weight excluding hydrogens is 449 g/mol. The molecular formula is C25H26FN7O2. The van der Waals surface area contributed by atoms with E-state index in [1.54, 1.807) is 42.7 Å². The van der Waals surface area contributed by atoms with E-state index in [0.717, 1.165) is 5.52 Å². The minimum absolute atomic E-state index is 0.0712. The van der Waals surface area contributed by atoms with Crippen molar-refractivity contribution in [1.82, 2.24) is 29.8 Å². The van der Waals surface area contributed by atoms with Crippen LogP contribution in [0.1, 0.15) is 31.3 Å². The maximum absolute atomic E-state index is 15.0. The maximum atomic E-state index is 15.0. The smallest absolute Gasteiger partial charge is 0.242 e. The molecule has 1 amide bonds. The largest absolute Gasteiger partial charge is 0.479 e. The molecule has 1 aliphatic rings. The minimum atomic E-state index is -0.398. The Labute approximate surface area is 202 Å². The van der Waals surface area contributed by atoms with Crippen molar-refractivity contribution in [3.8, 4) is 17.3 Å². The molecule has 9 nitrogen and oxygen atoms in total. The van der Waals surface area contributed by atoms with E-state index in [1.165, 1.54) is 6.07 Å². The van der Waals surface area contributed by atoms with Crippen molar-refractivity contribution in [1.29, 1.82) is 0 Å². The number of piperazine rings is 1. The van der Waals surface area contributed by atoms with Gasteiger partial charge in [0, 0.05) is 37.4 Å². The number of hydrogen-bond donors (Lipinski definition) is 1. The predicted octanol–water partition coefficient (Wildman–Crippen LogP) is 3.14. The fourth-order valence-corrected chi connectivity index (χ4v) is 4.21. The van der Waals surface area contributed by atoms with Crippen LogP contribution >= 0.6 is 0 Å². The fourth-order valence-electron chi connectivity index (χ4n) is 4.21. The zero-order valence-corrected chi connectivity index (χ0v) is 19.8. The topological polar surface area (TPSA) is 98.1 Å². The van der Waals surface area contributed by atoms with Gasteiger partial charge in [-0.2, -0.15) is 0 Å². The number of fused-ring (bicyclic) bond motifs is 1. The average molecular weight is 476 g/mol. The highest BCUT2D eigenvalue weighted by molar-refractivity contribution is 5.95. The van der Waals surface area contributed by atoms with Gasteiger partial charge in [-0.05, 0) is 43.7 Å². The number of hydrogen-bond acceptors (Lipinski definition) is 7. The lowest BCUT2D eigenvalue weighted by atomic mass is 10.1. The predicted molar refractivity (Wildman–Crippen MR) is 130 cm³/mol. The van der Waals surface area contributed by atoms with Gasteiger partial charge >= 0.3 is 0 Å². The van der Waals surface area contributed by atoms with Crippen LogP contribution in [0.4, 0.5) is 10.1 Å². The Morgan fingerprint density at radius 3 is 2.74 bits per heavy atom. The molecule has 1 aliphatic heterocycles. The number of imidazole rings is 1. The van der Waals surface area contributed by atoms with E-state index in [1.807, 2.05) is 10.6 Å². The van der Waals surface area contributed by atoms with Crippen molar-refractivity contribution in [2.24, 2.45) is 0 Å². The number of amides is 1. The summed E-state index contributed by atoms with van der Waals surface area (Å²) in [5.74, 6) is 0.412.